The number of rotatable bonds is 6. The lowest BCUT2D eigenvalue weighted by Crippen LogP contribution is -2.29. The standard InChI is InChI=1S/C14H15F2N3O2S/c1-2-17-14-19-10(7-22-14)13(21)18-6-11(20)12-8(15)4-3-5-9(12)16/h3-5,7,11,20H,2,6H2,1H3,(H,17,19)(H,18,21). The third kappa shape index (κ3) is 3.77. The number of carbonyl (C=O) groups is 1. The zero-order valence-electron chi connectivity index (χ0n) is 11.8. The van der Waals surface area contributed by atoms with Crippen molar-refractivity contribution >= 4 is 22.4 Å². The third-order valence-electron chi connectivity index (χ3n) is 2.85. The molecular weight excluding hydrogens is 312 g/mol. The molecule has 2 rings (SSSR count). The first kappa shape index (κ1) is 16.3. The zero-order chi connectivity index (χ0) is 16.1. The number of nitrogens with zero attached hydrogens (tertiary/aromatic N) is 1. The average molecular weight is 327 g/mol. The Labute approximate surface area is 130 Å². The first-order valence-corrected chi connectivity index (χ1v) is 7.50. The Hall–Kier alpha value is -2.06. The monoisotopic (exact) mass is 327 g/mol. The van der Waals surface area contributed by atoms with Crippen LogP contribution in [0, 0.1) is 11.6 Å². The lowest BCUT2D eigenvalue weighted by Gasteiger charge is -2.13. The number of anilines is 1. The van der Waals surface area contributed by atoms with Crippen molar-refractivity contribution in [2.75, 3.05) is 18.4 Å². The first-order chi connectivity index (χ1) is 10.5. The molecule has 1 heterocycles. The summed E-state index contributed by atoms with van der Waals surface area (Å²) in [6.07, 6.45) is -1.47. The Morgan fingerprint density at radius 3 is 2.73 bits per heavy atom. The molecule has 0 bridgehead atoms. The lowest BCUT2D eigenvalue weighted by atomic mass is 10.1. The van der Waals surface area contributed by atoms with E-state index in [9.17, 15) is 18.7 Å². The maximum absolute atomic E-state index is 13.5. The van der Waals surface area contributed by atoms with Crippen molar-refractivity contribution in [2.24, 2.45) is 0 Å². The van der Waals surface area contributed by atoms with Crippen molar-refractivity contribution in [3.63, 3.8) is 0 Å². The van der Waals surface area contributed by atoms with Crippen LogP contribution in [0.3, 0.4) is 0 Å². The van der Waals surface area contributed by atoms with Gasteiger partial charge in [0.2, 0.25) is 0 Å². The van der Waals surface area contributed by atoms with Gasteiger partial charge in [-0.15, -0.1) is 11.3 Å². The molecule has 0 spiro atoms. The van der Waals surface area contributed by atoms with Gasteiger partial charge in [-0.05, 0) is 19.1 Å². The summed E-state index contributed by atoms with van der Waals surface area (Å²) in [5.41, 5.74) is -0.281. The van der Waals surface area contributed by atoms with Crippen molar-refractivity contribution in [1.29, 1.82) is 0 Å². The van der Waals surface area contributed by atoms with Crippen molar-refractivity contribution < 1.29 is 18.7 Å². The molecule has 1 unspecified atom stereocenters. The van der Waals surface area contributed by atoms with Gasteiger partial charge in [-0.2, -0.15) is 0 Å². The van der Waals surface area contributed by atoms with Crippen LogP contribution in [0.5, 0.6) is 0 Å². The minimum atomic E-state index is -1.47. The normalized spacial score (nSPS) is 12.0. The summed E-state index contributed by atoms with van der Waals surface area (Å²) < 4.78 is 27.0. The summed E-state index contributed by atoms with van der Waals surface area (Å²) >= 11 is 1.27. The highest BCUT2D eigenvalue weighted by Crippen LogP contribution is 2.20. The SMILES string of the molecule is CCNc1nc(C(=O)NCC(O)c2c(F)cccc2F)cs1. The van der Waals surface area contributed by atoms with Gasteiger partial charge in [0, 0.05) is 18.5 Å². The minimum absolute atomic E-state index is 0.183. The van der Waals surface area contributed by atoms with E-state index in [2.05, 4.69) is 15.6 Å². The molecule has 1 aromatic carbocycles. The van der Waals surface area contributed by atoms with E-state index < -0.39 is 29.2 Å². The largest absolute Gasteiger partial charge is 0.386 e. The van der Waals surface area contributed by atoms with Gasteiger partial charge in [-0.25, -0.2) is 13.8 Å². The van der Waals surface area contributed by atoms with Crippen LogP contribution in [0.25, 0.3) is 0 Å². The molecule has 118 valence electrons. The highest BCUT2D eigenvalue weighted by molar-refractivity contribution is 7.13. The molecule has 22 heavy (non-hydrogen) atoms. The van der Waals surface area contributed by atoms with Gasteiger partial charge in [-0.3, -0.25) is 4.79 Å². The number of nitrogens with one attached hydrogen (secondary N) is 2. The molecule has 8 heteroatoms. The van der Waals surface area contributed by atoms with Gasteiger partial charge in [0.05, 0.1) is 5.56 Å². The number of halogens is 2. The molecule has 5 nitrogen and oxygen atoms in total. The van der Waals surface area contributed by atoms with Gasteiger partial charge < -0.3 is 15.7 Å². The molecule has 1 aromatic heterocycles. The molecule has 1 amide bonds. The first-order valence-electron chi connectivity index (χ1n) is 6.62. The molecule has 1 atom stereocenters. The summed E-state index contributed by atoms with van der Waals surface area (Å²) in [6.45, 7) is 2.27. The van der Waals surface area contributed by atoms with Crippen LogP contribution in [-0.4, -0.2) is 29.1 Å². The number of amides is 1. The Bertz CT molecular complexity index is 643. The fraction of sp³-hybridized carbons (Fsp3) is 0.286. The highest BCUT2D eigenvalue weighted by Gasteiger charge is 2.19. The smallest absolute Gasteiger partial charge is 0.270 e. The van der Waals surface area contributed by atoms with E-state index in [1.165, 1.54) is 17.4 Å². The molecule has 0 aliphatic heterocycles. The number of aliphatic hydroxyl groups excluding tert-OH is 1. The molecule has 0 fully saturated rings. The Balaban J connectivity index is 1.98. The predicted molar refractivity (Wildman–Crippen MR) is 79.9 cm³/mol. The number of benzene rings is 1. The van der Waals surface area contributed by atoms with Crippen LogP contribution < -0.4 is 10.6 Å². The van der Waals surface area contributed by atoms with Gasteiger partial charge in [0.1, 0.15) is 23.4 Å². The summed E-state index contributed by atoms with van der Waals surface area (Å²) in [7, 11) is 0. The van der Waals surface area contributed by atoms with E-state index in [0.717, 1.165) is 12.1 Å². The van der Waals surface area contributed by atoms with Crippen molar-refractivity contribution in [2.45, 2.75) is 13.0 Å². The fourth-order valence-electron chi connectivity index (χ4n) is 1.82. The van der Waals surface area contributed by atoms with Crippen LogP contribution in [-0.2, 0) is 0 Å². The molecule has 2 aromatic rings. The summed E-state index contributed by atoms with van der Waals surface area (Å²) in [6, 6.07) is 3.30. The van der Waals surface area contributed by atoms with Crippen LogP contribution in [0.4, 0.5) is 13.9 Å². The Kier molecular flexibility index (Phi) is 5.40. The maximum atomic E-state index is 13.5. The Morgan fingerprint density at radius 2 is 2.09 bits per heavy atom. The van der Waals surface area contributed by atoms with Crippen molar-refractivity contribution in [1.82, 2.24) is 10.3 Å². The van der Waals surface area contributed by atoms with Crippen LogP contribution >= 0.6 is 11.3 Å². The number of hydrogen-bond acceptors (Lipinski definition) is 5. The molecule has 0 radical (unpaired) electrons. The number of aliphatic hydroxyl groups is 1. The van der Waals surface area contributed by atoms with Crippen molar-refractivity contribution in [3.05, 3.63) is 46.5 Å². The van der Waals surface area contributed by atoms with Crippen molar-refractivity contribution in [3.8, 4) is 0 Å². The summed E-state index contributed by atoms with van der Waals surface area (Å²) in [5.74, 6) is -2.23. The molecule has 3 N–H and O–H groups in total. The number of hydrogen-bond donors (Lipinski definition) is 3. The van der Waals surface area contributed by atoms with Gasteiger partial charge in [0.25, 0.3) is 5.91 Å². The molecule has 0 aliphatic rings. The van der Waals surface area contributed by atoms with Crippen LogP contribution in [0.2, 0.25) is 0 Å². The van der Waals surface area contributed by atoms with E-state index >= 15 is 0 Å². The Morgan fingerprint density at radius 1 is 1.41 bits per heavy atom. The molecular formula is C14H15F2N3O2S. The van der Waals surface area contributed by atoms with E-state index in [-0.39, 0.29) is 12.2 Å². The van der Waals surface area contributed by atoms with E-state index in [1.807, 2.05) is 6.92 Å². The predicted octanol–water partition coefficient (Wildman–Crippen LogP) is 2.32. The minimum Gasteiger partial charge on any atom is -0.386 e. The van der Waals surface area contributed by atoms with E-state index in [0.29, 0.717) is 11.7 Å². The lowest BCUT2D eigenvalue weighted by molar-refractivity contribution is 0.0907. The third-order valence-corrected chi connectivity index (χ3v) is 3.65. The van der Waals surface area contributed by atoms with Crippen LogP contribution in [0.1, 0.15) is 29.1 Å². The van der Waals surface area contributed by atoms with Gasteiger partial charge in [0.15, 0.2) is 5.13 Å². The summed E-state index contributed by atoms with van der Waals surface area (Å²) in [5, 5.41) is 17.4. The highest BCUT2D eigenvalue weighted by atomic mass is 32.1. The summed E-state index contributed by atoms with van der Waals surface area (Å²) in [4.78, 5) is 15.9. The number of carbonyl (C=O) groups excluding carboxylic acids is 1. The second-order valence-corrected chi connectivity index (χ2v) is 5.29. The average Bonchev–Trinajstić information content (AvgIpc) is 2.93. The van der Waals surface area contributed by atoms with Crippen LogP contribution in [0.15, 0.2) is 23.6 Å². The number of thiazole rings is 1. The zero-order valence-corrected chi connectivity index (χ0v) is 12.6. The fourth-order valence-corrected chi connectivity index (χ4v) is 2.58. The topological polar surface area (TPSA) is 74.2 Å². The van der Waals surface area contributed by atoms with E-state index in [1.54, 1.807) is 5.38 Å². The second kappa shape index (κ2) is 7.28. The molecule has 0 saturated heterocycles. The number of aromatic nitrogens is 1. The van der Waals surface area contributed by atoms with Gasteiger partial charge >= 0.3 is 0 Å². The maximum Gasteiger partial charge on any atom is 0.270 e. The van der Waals surface area contributed by atoms with Gasteiger partial charge in [-0.1, -0.05) is 6.07 Å². The van der Waals surface area contributed by atoms with E-state index in [4.69, 9.17) is 0 Å². The second-order valence-electron chi connectivity index (χ2n) is 4.43. The quantitative estimate of drug-likeness (QED) is 0.761. The molecule has 0 saturated carbocycles. The molecule has 0 aliphatic carbocycles.